The summed E-state index contributed by atoms with van der Waals surface area (Å²) in [5.74, 6) is -0.588. The number of halogens is 1. The van der Waals surface area contributed by atoms with Crippen molar-refractivity contribution in [1.82, 2.24) is 0 Å². The van der Waals surface area contributed by atoms with Crippen LogP contribution in [0.25, 0.3) is 0 Å². The van der Waals surface area contributed by atoms with Crippen molar-refractivity contribution in [3.63, 3.8) is 0 Å². The maximum absolute atomic E-state index is 11.9. The first-order valence-corrected chi connectivity index (χ1v) is 6.13. The number of ether oxygens (including phenoxy) is 1. The van der Waals surface area contributed by atoms with Crippen LogP contribution in [0.2, 0.25) is 0 Å². The topological polar surface area (TPSA) is 72.6 Å². The summed E-state index contributed by atoms with van der Waals surface area (Å²) in [4.78, 5) is 24.3. The van der Waals surface area contributed by atoms with E-state index in [1.165, 1.54) is 12.0 Å². The summed E-state index contributed by atoms with van der Waals surface area (Å²) in [7, 11) is 2.92. The fraction of sp³-hybridized carbons (Fsp3) is 0.333. The fourth-order valence-corrected chi connectivity index (χ4v) is 1.82. The summed E-state index contributed by atoms with van der Waals surface area (Å²) < 4.78 is 5.33. The molecule has 1 aromatic carbocycles. The van der Waals surface area contributed by atoms with E-state index >= 15 is 0 Å². The van der Waals surface area contributed by atoms with Crippen LogP contribution in [0.5, 0.6) is 0 Å². The Morgan fingerprint density at radius 1 is 1.39 bits per heavy atom. The molecule has 0 spiro atoms. The summed E-state index contributed by atoms with van der Waals surface area (Å²) in [5, 5.41) is 0. The van der Waals surface area contributed by atoms with Gasteiger partial charge in [0.25, 0.3) is 0 Å². The average Bonchev–Trinajstić information content (AvgIpc) is 2.34. The number of nitrogens with zero attached hydrogens (tertiary/aromatic N) is 1. The number of carbonyl (C=O) groups excluding carboxylic acids is 2. The van der Waals surface area contributed by atoms with E-state index < -0.39 is 5.97 Å². The van der Waals surface area contributed by atoms with Crippen molar-refractivity contribution in [3.8, 4) is 0 Å². The first kappa shape index (κ1) is 14.5. The van der Waals surface area contributed by atoms with Gasteiger partial charge in [-0.1, -0.05) is 15.9 Å². The first-order chi connectivity index (χ1) is 8.45. The van der Waals surface area contributed by atoms with Crippen molar-refractivity contribution in [3.05, 3.63) is 22.7 Å². The van der Waals surface area contributed by atoms with E-state index in [1.807, 2.05) is 0 Å². The number of anilines is 2. The van der Waals surface area contributed by atoms with Crippen LogP contribution >= 0.6 is 15.9 Å². The van der Waals surface area contributed by atoms with Gasteiger partial charge in [0.15, 0.2) is 0 Å². The summed E-state index contributed by atoms with van der Waals surface area (Å²) in [6.45, 7) is 0. The summed E-state index contributed by atoms with van der Waals surface area (Å²) in [6, 6.07) is 5.27. The third-order valence-electron chi connectivity index (χ3n) is 2.50. The van der Waals surface area contributed by atoms with Gasteiger partial charge in [-0.25, -0.2) is 0 Å². The van der Waals surface area contributed by atoms with Gasteiger partial charge in [-0.15, -0.1) is 0 Å². The molecular formula is C12H15BrN2O3. The molecule has 0 heterocycles. The number of benzene rings is 1. The molecule has 1 amide bonds. The van der Waals surface area contributed by atoms with Crippen molar-refractivity contribution in [1.29, 1.82) is 0 Å². The molecule has 6 heteroatoms. The lowest BCUT2D eigenvalue weighted by molar-refractivity contribution is -0.141. The third-order valence-corrected chi connectivity index (χ3v) is 2.99. The normalized spacial score (nSPS) is 9.94. The highest BCUT2D eigenvalue weighted by atomic mass is 79.9. The molecule has 0 aromatic heterocycles. The number of hydrogen-bond donors (Lipinski definition) is 1. The number of hydrogen-bond acceptors (Lipinski definition) is 4. The molecular weight excluding hydrogens is 300 g/mol. The summed E-state index contributed by atoms with van der Waals surface area (Å²) in [5.41, 5.74) is 6.94. The zero-order valence-electron chi connectivity index (χ0n) is 10.3. The van der Waals surface area contributed by atoms with Crippen LogP contribution in [-0.4, -0.2) is 26.0 Å². The molecule has 5 nitrogen and oxygen atoms in total. The van der Waals surface area contributed by atoms with Gasteiger partial charge in [0.1, 0.15) is 0 Å². The van der Waals surface area contributed by atoms with Gasteiger partial charge in [0.05, 0.1) is 24.9 Å². The first-order valence-electron chi connectivity index (χ1n) is 5.34. The van der Waals surface area contributed by atoms with Crippen LogP contribution in [0.15, 0.2) is 22.7 Å². The molecule has 0 bridgehead atoms. The lowest BCUT2D eigenvalue weighted by atomic mass is 10.2. The Hall–Kier alpha value is -1.56. The van der Waals surface area contributed by atoms with Gasteiger partial charge in [-0.05, 0) is 18.2 Å². The molecule has 0 radical (unpaired) electrons. The van der Waals surface area contributed by atoms with E-state index in [4.69, 9.17) is 5.73 Å². The second-order valence-corrected chi connectivity index (χ2v) is 4.65. The predicted octanol–water partition coefficient (Wildman–Crippen LogP) is 1.95. The van der Waals surface area contributed by atoms with E-state index in [0.29, 0.717) is 11.4 Å². The Balaban J connectivity index is 2.71. The quantitative estimate of drug-likeness (QED) is 0.681. The standard InChI is InChI=1S/C12H15BrN2O3/c1-15(11(16)5-6-12(17)18-2)10-4-3-8(13)7-9(10)14/h3-4,7H,5-6,14H2,1-2H3. The second kappa shape index (κ2) is 6.39. The smallest absolute Gasteiger partial charge is 0.306 e. The Morgan fingerprint density at radius 2 is 2.06 bits per heavy atom. The summed E-state index contributed by atoms with van der Waals surface area (Å²) >= 11 is 3.30. The number of nitrogens with two attached hydrogens (primary N) is 1. The van der Waals surface area contributed by atoms with E-state index in [9.17, 15) is 9.59 Å². The van der Waals surface area contributed by atoms with Crippen LogP contribution in [0, 0.1) is 0 Å². The fourth-order valence-electron chi connectivity index (χ4n) is 1.44. The van der Waals surface area contributed by atoms with Crippen LogP contribution in [0.1, 0.15) is 12.8 Å². The van der Waals surface area contributed by atoms with Gasteiger partial charge >= 0.3 is 5.97 Å². The van der Waals surface area contributed by atoms with Gasteiger partial charge in [0, 0.05) is 17.9 Å². The van der Waals surface area contributed by atoms with E-state index in [-0.39, 0.29) is 18.7 Å². The zero-order chi connectivity index (χ0) is 13.7. The number of esters is 1. The zero-order valence-corrected chi connectivity index (χ0v) is 11.9. The predicted molar refractivity (Wildman–Crippen MR) is 73.2 cm³/mol. The molecule has 0 saturated heterocycles. The van der Waals surface area contributed by atoms with Crippen molar-refractivity contribution < 1.29 is 14.3 Å². The van der Waals surface area contributed by atoms with Crippen LogP contribution < -0.4 is 10.6 Å². The molecule has 2 N–H and O–H groups in total. The molecule has 0 aliphatic heterocycles. The molecule has 0 atom stereocenters. The van der Waals surface area contributed by atoms with E-state index in [0.717, 1.165) is 4.47 Å². The highest BCUT2D eigenvalue weighted by Crippen LogP contribution is 2.26. The SMILES string of the molecule is COC(=O)CCC(=O)N(C)c1ccc(Br)cc1N. The minimum atomic E-state index is -0.402. The average molecular weight is 315 g/mol. The highest BCUT2D eigenvalue weighted by Gasteiger charge is 2.15. The Bertz CT molecular complexity index is 463. The Kier molecular flexibility index (Phi) is 5.15. The molecule has 1 rings (SSSR count). The summed E-state index contributed by atoms with van der Waals surface area (Å²) in [6.07, 6.45) is 0.161. The number of nitrogen functional groups attached to an aromatic ring is 1. The maximum Gasteiger partial charge on any atom is 0.306 e. The van der Waals surface area contributed by atoms with Crippen LogP contribution in [0.3, 0.4) is 0 Å². The molecule has 0 unspecified atom stereocenters. The van der Waals surface area contributed by atoms with Gasteiger partial charge in [-0.3, -0.25) is 9.59 Å². The van der Waals surface area contributed by atoms with Crippen molar-refractivity contribution >= 4 is 39.2 Å². The Labute approximate surface area is 114 Å². The molecule has 0 aliphatic carbocycles. The number of carbonyl (C=O) groups is 2. The van der Waals surface area contributed by atoms with Crippen molar-refractivity contribution in [2.45, 2.75) is 12.8 Å². The lowest BCUT2D eigenvalue weighted by Crippen LogP contribution is -2.27. The molecule has 18 heavy (non-hydrogen) atoms. The van der Waals surface area contributed by atoms with E-state index in [2.05, 4.69) is 20.7 Å². The van der Waals surface area contributed by atoms with Gasteiger partial charge < -0.3 is 15.4 Å². The third kappa shape index (κ3) is 3.73. The van der Waals surface area contributed by atoms with Crippen LogP contribution in [-0.2, 0) is 14.3 Å². The minimum absolute atomic E-state index is 0.0656. The number of amides is 1. The molecule has 98 valence electrons. The molecule has 0 saturated carbocycles. The van der Waals surface area contributed by atoms with E-state index in [1.54, 1.807) is 25.2 Å². The molecule has 1 aromatic rings. The monoisotopic (exact) mass is 314 g/mol. The Morgan fingerprint density at radius 3 is 2.61 bits per heavy atom. The highest BCUT2D eigenvalue weighted by molar-refractivity contribution is 9.10. The van der Waals surface area contributed by atoms with Crippen molar-refractivity contribution in [2.75, 3.05) is 24.8 Å². The maximum atomic E-state index is 11.9. The molecule has 0 fully saturated rings. The number of methoxy groups -OCH3 is 1. The number of rotatable bonds is 4. The van der Waals surface area contributed by atoms with Gasteiger partial charge in [-0.2, -0.15) is 0 Å². The van der Waals surface area contributed by atoms with Gasteiger partial charge in [0.2, 0.25) is 5.91 Å². The van der Waals surface area contributed by atoms with Crippen LogP contribution in [0.4, 0.5) is 11.4 Å². The minimum Gasteiger partial charge on any atom is -0.469 e. The lowest BCUT2D eigenvalue weighted by Gasteiger charge is -2.19. The largest absolute Gasteiger partial charge is 0.469 e. The second-order valence-electron chi connectivity index (χ2n) is 3.73. The van der Waals surface area contributed by atoms with Crippen molar-refractivity contribution in [2.24, 2.45) is 0 Å². The molecule has 0 aliphatic rings.